The van der Waals surface area contributed by atoms with Crippen molar-refractivity contribution in [3.63, 3.8) is 0 Å². The summed E-state index contributed by atoms with van der Waals surface area (Å²) in [7, 11) is -3.29. The number of piperidine rings is 1. The molecule has 0 bridgehead atoms. The van der Waals surface area contributed by atoms with E-state index in [4.69, 9.17) is 5.73 Å². The first kappa shape index (κ1) is 13.9. The van der Waals surface area contributed by atoms with Gasteiger partial charge in [0.25, 0.3) is 10.2 Å². The van der Waals surface area contributed by atoms with Gasteiger partial charge in [-0.2, -0.15) is 17.4 Å². The molecule has 1 fully saturated rings. The monoisotopic (exact) mass is 249 g/mol. The molecule has 1 heterocycles. The molecular weight excluding hydrogens is 226 g/mol. The highest BCUT2D eigenvalue weighted by Crippen LogP contribution is 2.20. The minimum Gasteiger partial charge on any atom is -0.330 e. The summed E-state index contributed by atoms with van der Waals surface area (Å²) in [4.78, 5) is 0. The second kappa shape index (κ2) is 5.95. The van der Waals surface area contributed by atoms with Gasteiger partial charge in [-0.05, 0) is 45.6 Å². The van der Waals surface area contributed by atoms with Crippen LogP contribution in [0, 0.1) is 5.92 Å². The fraction of sp³-hybridized carbons (Fsp3) is 1.00. The molecule has 0 aromatic rings. The van der Waals surface area contributed by atoms with Crippen LogP contribution in [0.3, 0.4) is 0 Å². The largest absolute Gasteiger partial charge is 0.330 e. The lowest BCUT2D eigenvalue weighted by Crippen LogP contribution is -2.48. The van der Waals surface area contributed by atoms with Crippen LogP contribution in [0.25, 0.3) is 0 Å². The van der Waals surface area contributed by atoms with Crippen LogP contribution < -0.4 is 10.5 Å². The van der Waals surface area contributed by atoms with Gasteiger partial charge in [-0.25, -0.2) is 0 Å². The second-order valence-corrected chi connectivity index (χ2v) is 6.42. The molecule has 0 saturated carbocycles. The van der Waals surface area contributed by atoms with Crippen LogP contribution in [0.5, 0.6) is 0 Å². The number of hydrogen-bond acceptors (Lipinski definition) is 3. The predicted octanol–water partition coefficient (Wildman–Crippen LogP) is 0.290. The van der Waals surface area contributed by atoms with Crippen molar-refractivity contribution in [2.24, 2.45) is 11.7 Å². The summed E-state index contributed by atoms with van der Waals surface area (Å²) < 4.78 is 28.0. The highest BCUT2D eigenvalue weighted by molar-refractivity contribution is 7.87. The summed E-state index contributed by atoms with van der Waals surface area (Å²) >= 11 is 0. The van der Waals surface area contributed by atoms with Crippen molar-refractivity contribution in [2.75, 3.05) is 19.6 Å². The summed E-state index contributed by atoms with van der Waals surface area (Å²) in [6.07, 6.45) is 2.93. The molecule has 1 saturated heterocycles. The van der Waals surface area contributed by atoms with Crippen molar-refractivity contribution in [3.8, 4) is 0 Å². The van der Waals surface area contributed by atoms with E-state index in [1.54, 1.807) is 4.31 Å². The summed E-state index contributed by atoms with van der Waals surface area (Å²) in [6, 6.07) is -0.0557. The maximum absolute atomic E-state index is 11.9. The van der Waals surface area contributed by atoms with Crippen LogP contribution in [0.2, 0.25) is 0 Å². The second-order valence-electron chi connectivity index (χ2n) is 4.72. The minimum atomic E-state index is -3.29. The van der Waals surface area contributed by atoms with Crippen molar-refractivity contribution in [1.82, 2.24) is 9.03 Å². The zero-order chi connectivity index (χ0) is 12.2. The molecule has 1 aliphatic heterocycles. The first-order valence-corrected chi connectivity index (χ1v) is 7.37. The van der Waals surface area contributed by atoms with Gasteiger partial charge in [0.05, 0.1) is 0 Å². The van der Waals surface area contributed by atoms with Crippen LogP contribution in [-0.4, -0.2) is 38.4 Å². The molecule has 1 aliphatic rings. The smallest absolute Gasteiger partial charge is 0.279 e. The Hall–Kier alpha value is -0.170. The van der Waals surface area contributed by atoms with Crippen molar-refractivity contribution < 1.29 is 8.42 Å². The average Bonchev–Trinajstić information content (AvgIpc) is 2.16. The van der Waals surface area contributed by atoms with E-state index < -0.39 is 10.2 Å². The van der Waals surface area contributed by atoms with E-state index in [-0.39, 0.29) is 6.04 Å². The van der Waals surface area contributed by atoms with Gasteiger partial charge in [0.1, 0.15) is 0 Å². The number of nitrogens with zero attached hydrogens (tertiary/aromatic N) is 1. The van der Waals surface area contributed by atoms with Gasteiger partial charge in [0.15, 0.2) is 0 Å². The number of nitrogens with two attached hydrogens (primary N) is 1. The van der Waals surface area contributed by atoms with E-state index in [1.165, 1.54) is 0 Å². The molecule has 1 unspecified atom stereocenters. The Balaban J connectivity index is 2.59. The molecule has 0 aromatic carbocycles. The molecule has 0 spiro atoms. The Morgan fingerprint density at radius 3 is 2.75 bits per heavy atom. The maximum atomic E-state index is 11.9. The van der Waals surface area contributed by atoms with Crippen molar-refractivity contribution in [1.29, 1.82) is 0 Å². The summed E-state index contributed by atoms with van der Waals surface area (Å²) in [6.45, 7) is 5.54. The van der Waals surface area contributed by atoms with Crippen molar-refractivity contribution in [2.45, 2.75) is 39.2 Å². The van der Waals surface area contributed by atoms with Crippen molar-refractivity contribution >= 4 is 10.2 Å². The van der Waals surface area contributed by atoms with E-state index in [2.05, 4.69) is 4.72 Å². The Kier molecular flexibility index (Phi) is 5.17. The molecule has 3 N–H and O–H groups in total. The molecule has 96 valence electrons. The van der Waals surface area contributed by atoms with Gasteiger partial charge < -0.3 is 5.73 Å². The highest BCUT2D eigenvalue weighted by atomic mass is 32.2. The van der Waals surface area contributed by atoms with Gasteiger partial charge in [0, 0.05) is 19.1 Å². The van der Waals surface area contributed by atoms with E-state index in [0.717, 1.165) is 19.3 Å². The number of rotatable bonds is 5. The lowest BCUT2D eigenvalue weighted by molar-refractivity contribution is 0.255. The summed E-state index contributed by atoms with van der Waals surface area (Å²) in [5, 5.41) is 0. The normalized spacial score (nSPS) is 23.9. The first-order valence-electron chi connectivity index (χ1n) is 5.93. The molecule has 5 nitrogen and oxygen atoms in total. The average molecular weight is 249 g/mol. The first-order chi connectivity index (χ1) is 7.45. The Labute approximate surface area is 98.6 Å². The lowest BCUT2D eigenvalue weighted by Gasteiger charge is -2.32. The summed E-state index contributed by atoms with van der Waals surface area (Å²) in [5.74, 6) is 0.419. The number of nitrogens with one attached hydrogen (secondary N) is 1. The highest BCUT2D eigenvalue weighted by Gasteiger charge is 2.28. The fourth-order valence-electron chi connectivity index (χ4n) is 2.09. The fourth-order valence-corrected chi connectivity index (χ4v) is 3.61. The summed E-state index contributed by atoms with van der Waals surface area (Å²) in [5.41, 5.74) is 5.51. The van der Waals surface area contributed by atoms with Crippen LogP contribution in [0.1, 0.15) is 33.1 Å². The van der Waals surface area contributed by atoms with Gasteiger partial charge in [-0.1, -0.05) is 0 Å². The van der Waals surface area contributed by atoms with E-state index in [0.29, 0.717) is 25.6 Å². The zero-order valence-corrected chi connectivity index (χ0v) is 11.0. The minimum absolute atomic E-state index is 0.0557. The Morgan fingerprint density at radius 2 is 2.19 bits per heavy atom. The van der Waals surface area contributed by atoms with E-state index >= 15 is 0 Å². The molecule has 6 heteroatoms. The molecule has 1 atom stereocenters. The number of hydrogen-bond donors (Lipinski definition) is 2. The van der Waals surface area contributed by atoms with E-state index in [1.807, 2.05) is 13.8 Å². The third-order valence-corrected chi connectivity index (χ3v) is 4.56. The van der Waals surface area contributed by atoms with Gasteiger partial charge >= 0.3 is 0 Å². The predicted molar refractivity (Wildman–Crippen MR) is 65.2 cm³/mol. The molecule has 1 rings (SSSR count). The molecule has 0 aromatic heterocycles. The van der Waals surface area contributed by atoms with Crippen LogP contribution in [-0.2, 0) is 10.2 Å². The molecule has 0 amide bonds. The van der Waals surface area contributed by atoms with Gasteiger partial charge in [-0.15, -0.1) is 0 Å². The molecule has 16 heavy (non-hydrogen) atoms. The Morgan fingerprint density at radius 1 is 1.50 bits per heavy atom. The zero-order valence-electron chi connectivity index (χ0n) is 10.1. The van der Waals surface area contributed by atoms with E-state index in [9.17, 15) is 8.42 Å². The SMILES string of the molecule is CC(C)NS(=O)(=O)N1CCCC(CCN)C1. The Bertz CT molecular complexity index is 301. The van der Waals surface area contributed by atoms with Crippen molar-refractivity contribution in [3.05, 3.63) is 0 Å². The molecule has 0 radical (unpaired) electrons. The van der Waals surface area contributed by atoms with Crippen LogP contribution >= 0.6 is 0 Å². The molecular formula is C10H23N3O2S. The molecule has 0 aliphatic carbocycles. The van der Waals surface area contributed by atoms with Crippen LogP contribution in [0.15, 0.2) is 0 Å². The third kappa shape index (κ3) is 4.01. The van der Waals surface area contributed by atoms with Gasteiger partial charge in [0.2, 0.25) is 0 Å². The topological polar surface area (TPSA) is 75.4 Å². The maximum Gasteiger partial charge on any atom is 0.279 e. The standard InChI is InChI=1S/C10H23N3O2S/c1-9(2)12-16(14,15)13-7-3-4-10(8-13)5-6-11/h9-10,12H,3-8,11H2,1-2H3. The third-order valence-electron chi connectivity index (χ3n) is 2.78. The van der Waals surface area contributed by atoms with Gasteiger partial charge in [-0.3, -0.25) is 0 Å². The van der Waals surface area contributed by atoms with Crippen LogP contribution in [0.4, 0.5) is 0 Å². The lowest BCUT2D eigenvalue weighted by atomic mass is 9.96. The quantitative estimate of drug-likeness (QED) is 0.735.